The average molecular weight is 395 g/mol. The molecule has 3 aromatic rings. The van der Waals surface area contributed by atoms with Crippen molar-refractivity contribution in [3.63, 3.8) is 0 Å². The number of hydrogen-bond acceptors (Lipinski definition) is 10. The number of thioether (sulfide) groups is 1. The first-order valence-electron chi connectivity index (χ1n) is 7.56. The zero-order valence-corrected chi connectivity index (χ0v) is 15.5. The molecule has 4 heterocycles. The molecule has 1 aliphatic heterocycles. The lowest BCUT2D eigenvalue weighted by molar-refractivity contribution is -0.113. The number of anilines is 2. The quantitative estimate of drug-likeness (QED) is 0.519. The Bertz CT molecular complexity index is 863. The molecule has 4 rings (SSSR count). The van der Waals surface area contributed by atoms with E-state index in [1.165, 1.54) is 29.4 Å². The minimum atomic E-state index is -0.107. The normalized spacial score (nSPS) is 14.8. The summed E-state index contributed by atoms with van der Waals surface area (Å²) in [6, 6.07) is 0. The van der Waals surface area contributed by atoms with E-state index in [-0.39, 0.29) is 11.7 Å². The zero-order chi connectivity index (χ0) is 17.1. The lowest BCUT2D eigenvalue weighted by Gasteiger charge is -2.25. The van der Waals surface area contributed by atoms with Crippen LogP contribution in [0.2, 0.25) is 0 Å². The molecule has 0 spiro atoms. The molecule has 8 nitrogen and oxygen atoms in total. The average Bonchev–Trinajstić information content (AvgIpc) is 3.30. The second-order valence-electron chi connectivity index (χ2n) is 5.10. The van der Waals surface area contributed by atoms with Crippen LogP contribution < -0.4 is 10.2 Å². The third-order valence-electron chi connectivity index (χ3n) is 3.45. The maximum Gasteiger partial charge on any atom is 0.236 e. The summed E-state index contributed by atoms with van der Waals surface area (Å²) in [5.41, 5.74) is 0.671. The Balaban J connectivity index is 1.47. The Morgan fingerprint density at radius 1 is 1.32 bits per heavy atom. The summed E-state index contributed by atoms with van der Waals surface area (Å²) in [5.74, 6) is 0.154. The Morgan fingerprint density at radius 3 is 3.00 bits per heavy atom. The lowest BCUT2D eigenvalue weighted by Crippen LogP contribution is -2.36. The van der Waals surface area contributed by atoms with Crippen LogP contribution in [0.25, 0.3) is 10.3 Å². The van der Waals surface area contributed by atoms with Gasteiger partial charge in [0, 0.05) is 24.7 Å². The van der Waals surface area contributed by atoms with E-state index in [1.54, 1.807) is 17.5 Å². The van der Waals surface area contributed by atoms with E-state index >= 15 is 0 Å². The van der Waals surface area contributed by atoms with Crippen LogP contribution in [0, 0.1) is 0 Å². The van der Waals surface area contributed by atoms with E-state index < -0.39 is 0 Å². The van der Waals surface area contributed by atoms with Gasteiger partial charge in [0.2, 0.25) is 5.91 Å². The van der Waals surface area contributed by atoms with Gasteiger partial charge in [-0.15, -0.1) is 11.3 Å². The molecule has 0 aliphatic carbocycles. The van der Waals surface area contributed by atoms with Gasteiger partial charge in [-0.05, 0) is 0 Å². The molecule has 130 valence electrons. The van der Waals surface area contributed by atoms with Crippen molar-refractivity contribution >= 4 is 61.0 Å². The number of fused-ring (bicyclic) bond motifs is 1. The topological polar surface area (TPSA) is 93.1 Å². The van der Waals surface area contributed by atoms with Crippen LogP contribution in [0.5, 0.6) is 0 Å². The molecule has 1 saturated heterocycles. The summed E-state index contributed by atoms with van der Waals surface area (Å²) >= 11 is 4.33. The van der Waals surface area contributed by atoms with Crippen molar-refractivity contribution < 1.29 is 9.53 Å². The molecule has 1 fully saturated rings. The number of hydrogen-bond donors (Lipinski definition) is 1. The van der Waals surface area contributed by atoms with Gasteiger partial charge in [0.25, 0.3) is 0 Å². The summed E-state index contributed by atoms with van der Waals surface area (Å²) in [7, 11) is 0. The van der Waals surface area contributed by atoms with E-state index in [1.807, 2.05) is 5.38 Å². The van der Waals surface area contributed by atoms with Crippen LogP contribution in [0.4, 0.5) is 10.3 Å². The number of ether oxygens (including phenoxy) is 1. The molecule has 0 radical (unpaired) electrons. The van der Waals surface area contributed by atoms with E-state index in [4.69, 9.17) is 4.74 Å². The number of carbonyl (C=O) groups excluding carboxylic acids is 1. The minimum Gasteiger partial charge on any atom is -0.378 e. The third kappa shape index (κ3) is 3.89. The first-order valence-corrected chi connectivity index (χ1v) is 10.2. The smallest absolute Gasteiger partial charge is 0.236 e. The fourth-order valence-electron chi connectivity index (χ4n) is 2.29. The summed E-state index contributed by atoms with van der Waals surface area (Å²) in [6.45, 7) is 3.07. The lowest BCUT2D eigenvalue weighted by atomic mass is 10.5. The number of nitrogens with one attached hydrogen (secondary N) is 1. The van der Waals surface area contributed by atoms with Gasteiger partial charge < -0.3 is 15.0 Å². The number of amides is 1. The number of thiazole rings is 2. The predicted molar refractivity (Wildman–Crippen MR) is 99.7 cm³/mol. The summed E-state index contributed by atoms with van der Waals surface area (Å²) in [6.07, 6.45) is 3.15. The first-order chi connectivity index (χ1) is 12.3. The fourth-order valence-corrected chi connectivity index (χ4v) is 4.78. The van der Waals surface area contributed by atoms with E-state index in [9.17, 15) is 4.79 Å². The minimum absolute atomic E-state index is 0.107. The predicted octanol–water partition coefficient (Wildman–Crippen LogP) is 2.11. The molecule has 0 atom stereocenters. The molecule has 0 saturated carbocycles. The van der Waals surface area contributed by atoms with Gasteiger partial charge in [-0.25, -0.2) is 15.0 Å². The van der Waals surface area contributed by atoms with Crippen LogP contribution >= 0.6 is 34.4 Å². The van der Waals surface area contributed by atoms with Gasteiger partial charge >= 0.3 is 0 Å². The van der Waals surface area contributed by atoms with Gasteiger partial charge in [-0.1, -0.05) is 23.1 Å². The highest BCUT2D eigenvalue weighted by atomic mass is 32.2. The molecule has 1 aliphatic rings. The van der Waals surface area contributed by atoms with Crippen molar-refractivity contribution in [1.82, 2.24) is 19.9 Å². The molecule has 0 aromatic carbocycles. The number of nitrogens with zero attached hydrogens (tertiary/aromatic N) is 5. The largest absolute Gasteiger partial charge is 0.378 e. The summed E-state index contributed by atoms with van der Waals surface area (Å²) in [4.78, 5) is 31.4. The van der Waals surface area contributed by atoms with Crippen LogP contribution in [0.3, 0.4) is 0 Å². The fraction of sp³-hybridized carbons (Fsp3) is 0.357. The Labute approximate surface area is 155 Å². The van der Waals surface area contributed by atoms with Gasteiger partial charge in [0.05, 0.1) is 19.0 Å². The van der Waals surface area contributed by atoms with Gasteiger partial charge in [0.1, 0.15) is 16.1 Å². The maximum absolute atomic E-state index is 12.0. The molecule has 0 unspecified atom stereocenters. The first kappa shape index (κ1) is 16.6. The van der Waals surface area contributed by atoms with Crippen LogP contribution in [-0.4, -0.2) is 57.9 Å². The number of rotatable bonds is 5. The van der Waals surface area contributed by atoms with Crippen molar-refractivity contribution in [1.29, 1.82) is 0 Å². The highest BCUT2D eigenvalue weighted by Crippen LogP contribution is 2.34. The van der Waals surface area contributed by atoms with E-state index in [0.29, 0.717) is 24.0 Å². The molecule has 1 N–H and O–H groups in total. The number of carbonyl (C=O) groups is 1. The molecule has 11 heteroatoms. The van der Waals surface area contributed by atoms with E-state index in [2.05, 4.69) is 30.2 Å². The summed E-state index contributed by atoms with van der Waals surface area (Å²) in [5, 5.41) is 6.89. The second kappa shape index (κ2) is 7.60. The van der Waals surface area contributed by atoms with E-state index in [0.717, 1.165) is 27.9 Å². The monoisotopic (exact) mass is 394 g/mol. The Hall–Kier alpha value is -1.82. The van der Waals surface area contributed by atoms with Crippen molar-refractivity contribution in [2.24, 2.45) is 0 Å². The molecule has 3 aromatic heterocycles. The molecule has 1 amide bonds. The van der Waals surface area contributed by atoms with Gasteiger partial charge in [-0.2, -0.15) is 4.98 Å². The van der Waals surface area contributed by atoms with Crippen LogP contribution in [0.15, 0.2) is 22.9 Å². The molecular formula is C14H14N6O2S3. The number of aromatic nitrogens is 4. The van der Waals surface area contributed by atoms with Crippen molar-refractivity contribution in [3.8, 4) is 0 Å². The maximum atomic E-state index is 12.0. The molecular weight excluding hydrogens is 380 g/mol. The van der Waals surface area contributed by atoms with Crippen molar-refractivity contribution in [2.45, 2.75) is 5.03 Å². The Morgan fingerprint density at radius 2 is 2.20 bits per heavy atom. The van der Waals surface area contributed by atoms with Gasteiger partial charge in [-0.3, -0.25) is 4.79 Å². The number of morpholine rings is 1. The molecule has 0 bridgehead atoms. The highest BCUT2D eigenvalue weighted by Gasteiger charge is 2.18. The second-order valence-corrected chi connectivity index (χ2v) is 7.94. The van der Waals surface area contributed by atoms with Crippen molar-refractivity contribution in [2.75, 3.05) is 42.3 Å². The zero-order valence-electron chi connectivity index (χ0n) is 13.0. The SMILES string of the molecule is O=C(CSc1ncnc2nc(N3CCOCC3)sc12)Nc1nccs1. The standard InChI is InChI=1S/C14H14N6O2S3/c21-9(18-13-15-1-6-23-13)7-24-12-10-11(16-8-17-12)19-14(25-10)20-2-4-22-5-3-20/h1,6,8H,2-5,7H2,(H,15,18,21). The summed E-state index contributed by atoms with van der Waals surface area (Å²) < 4.78 is 6.29. The van der Waals surface area contributed by atoms with Crippen molar-refractivity contribution in [3.05, 3.63) is 17.9 Å². The van der Waals surface area contributed by atoms with Crippen LogP contribution in [-0.2, 0) is 9.53 Å². The third-order valence-corrected chi connectivity index (χ3v) is 6.37. The van der Waals surface area contributed by atoms with Crippen LogP contribution in [0.1, 0.15) is 0 Å². The highest BCUT2D eigenvalue weighted by molar-refractivity contribution is 8.00. The molecule has 25 heavy (non-hydrogen) atoms. The van der Waals surface area contributed by atoms with Gasteiger partial charge in [0.15, 0.2) is 15.9 Å². The Kier molecular flexibility index (Phi) is 5.06.